The van der Waals surface area contributed by atoms with E-state index in [-0.39, 0.29) is 0 Å². The quantitative estimate of drug-likeness (QED) is 0.153. The van der Waals surface area contributed by atoms with E-state index in [1.54, 1.807) is 0 Å². The van der Waals surface area contributed by atoms with Crippen LogP contribution in [-0.4, -0.2) is 18.3 Å². The van der Waals surface area contributed by atoms with Crippen molar-refractivity contribution in [2.24, 2.45) is 0 Å². The van der Waals surface area contributed by atoms with E-state index in [9.17, 15) is 5.26 Å². The SMILES string of the molecule is [C-]#[N+]c1ccc(-n2c3ccccc3c3c2ccc2c4ccccc4n(-c4ccccc4)c23)c(-c2ccc(-c3ccc(C#N)cc3C)cc2-n2c3ccccc3c3c2ccc2c4ccccc4n(-c4ccccc4)c23)c1. The number of aromatic nitrogens is 4. The molecule has 0 amide bonds. The molecule has 348 valence electrons. The molecule has 0 spiro atoms. The summed E-state index contributed by atoms with van der Waals surface area (Å²) in [6.45, 7) is 10.6. The summed E-state index contributed by atoms with van der Waals surface area (Å²) >= 11 is 0. The molecule has 11 aromatic carbocycles. The van der Waals surface area contributed by atoms with Gasteiger partial charge in [0.05, 0.1) is 73.7 Å². The second-order valence-electron chi connectivity index (χ2n) is 19.5. The normalized spacial score (nSPS) is 11.8. The largest absolute Gasteiger partial charge is 0.309 e. The molecule has 0 saturated carbocycles. The van der Waals surface area contributed by atoms with Crippen LogP contribution in [0.2, 0.25) is 0 Å². The van der Waals surface area contributed by atoms with Gasteiger partial charge in [0.15, 0.2) is 5.69 Å². The molecule has 75 heavy (non-hydrogen) atoms. The standard InChI is InChI=1S/C69H42N6/c1-43-39-44(42-70)29-32-49(43)45-30-33-52(65(40-45)75-61-28-16-12-24-56(61)67-64(75)38-35-54-51-22-10-14-26-59(51)73(69(54)67)48-19-7-4-8-20-48)57-41-46(71-2)31-36-62(57)74-60-27-15-11-23-55(60)66-63(74)37-34-53-50-21-9-13-25-58(50)72(68(53)66)47-17-5-3-6-18-47/h3-41H,1H3. The Morgan fingerprint density at radius 1 is 0.373 bits per heavy atom. The number of hydrogen-bond donors (Lipinski definition) is 0. The number of rotatable bonds is 6. The van der Waals surface area contributed by atoms with Crippen molar-refractivity contribution in [2.75, 3.05) is 0 Å². The molecule has 0 aliphatic carbocycles. The summed E-state index contributed by atoms with van der Waals surface area (Å²) < 4.78 is 9.70. The van der Waals surface area contributed by atoms with Crippen LogP contribution >= 0.6 is 0 Å². The van der Waals surface area contributed by atoms with Gasteiger partial charge in [-0.3, -0.25) is 0 Å². The molecule has 0 aliphatic heterocycles. The lowest BCUT2D eigenvalue weighted by molar-refractivity contribution is 1.16. The number of aryl methyl sites for hydroxylation is 1. The summed E-state index contributed by atoms with van der Waals surface area (Å²) in [6.07, 6.45) is 0. The Labute approximate surface area is 431 Å². The maximum absolute atomic E-state index is 9.92. The first kappa shape index (κ1) is 42.3. The monoisotopic (exact) mass is 954 g/mol. The summed E-state index contributed by atoms with van der Waals surface area (Å²) in [5, 5.41) is 19.3. The van der Waals surface area contributed by atoms with Crippen LogP contribution in [0.25, 0.3) is 137 Å². The van der Waals surface area contributed by atoms with E-state index in [1.807, 2.05) is 18.2 Å². The van der Waals surface area contributed by atoms with Gasteiger partial charge >= 0.3 is 0 Å². The van der Waals surface area contributed by atoms with E-state index >= 15 is 0 Å². The summed E-state index contributed by atoms with van der Waals surface area (Å²) in [6, 6.07) is 86.7. The molecule has 0 saturated heterocycles. The van der Waals surface area contributed by atoms with Gasteiger partial charge in [0.2, 0.25) is 0 Å². The van der Waals surface area contributed by atoms with E-state index in [0.717, 1.165) is 116 Å². The number of benzene rings is 11. The first-order valence-corrected chi connectivity index (χ1v) is 25.3. The molecule has 0 bridgehead atoms. The van der Waals surface area contributed by atoms with Crippen molar-refractivity contribution in [3.8, 4) is 51.1 Å². The van der Waals surface area contributed by atoms with Crippen LogP contribution in [0.15, 0.2) is 237 Å². The summed E-state index contributed by atoms with van der Waals surface area (Å²) in [7, 11) is 0. The Balaban J connectivity index is 1.08. The summed E-state index contributed by atoms with van der Waals surface area (Å²) in [5.41, 5.74) is 19.2. The van der Waals surface area contributed by atoms with Gasteiger partial charge < -0.3 is 18.3 Å². The maximum atomic E-state index is 9.92. The van der Waals surface area contributed by atoms with Gasteiger partial charge in [-0.2, -0.15) is 5.26 Å². The van der Waals surface area contributed by atoms with E-state index in [0.29, 0.717) is 11.3 Å². The zero-order valence-corrected chi connectivity index (χ0v) is 40.7. The topological polar surface area (TPSA) is 47.9 Å². The number of nitriles is 1. The molecule has 0 unspecified atom stereocenters. The Bertz CT molecular complexity index is 4970. The van der Waals surface area contributed by atoms with E-state index in [1.165, 1.54) is 21.5 Å². The minimum absolute atomic E-state index is 0.551. The van der Waals surface area contributed by atoms with Crippen LogP contribution in [0.3, 0.4) is 0 Å². The summed E-state index contributed by atoms with van der Waals surface area (Å²) in [5.74, 6) is 0. The molecule has 6 heteroatoms. The molecular formula is C69H42N6. The predicted octanol–water partition coefficient (Wildman–Crippen LogP) is 18.1. The lowest BCUT2D eigenvalue weighted by Crippen LogP contribution is -2.02. The zero-order chi connectivity index (χ0) is 49.9. The van der Waals surface area contributed by atoms with Crippen LogP contribution in [-0.2, 0) is 0 Å². The fraction of sp³-hybridized carbons (Fsp3) is 0.0145. The summed E-state index contributed by atoms with van der Waals surface area (Å²) in [4.78, 5) is 4.09. The van der Waals surface area contributed by atoms with Crippen molar-refractivity contribution < 1.29 is 0 Å². The van der Waals surface area contributed by atoms with Crippen LogP contribution < -0.4 is 0 Å². The Morgan fingerprint density at radius 2 is 0.853 bits per heavy atom. The second kappa shape index (κ2) is 16.3. The molecule has 6 nitrogen and oxygen atoms in total. The number of fused-ring (bicyclic) bond motifs is 14. The highest BCUT2D eigenvalue weighted by Crippen LogP contribution is 2.48. The highest BCUT2D eigenvalue weighted by molar-refractivity contribution is 6.28. The van der Waals surface area contributed by atoms with Gasteiger partial charge in [-0.25, -0.2) is 4.85 Å². The highest BCUT2D eigenvalue weighted by Gasteiger charge is 2.26. The van der Waals surface area contributed by atoms with Crippen molar-refractivity contribution in [1.82, 2.24) is 18.3 Å². The molecular weight excluding hydrogens is 913 g/mol. The first-order chi connectivity index (χ1) is 37.1. The maximum Gasteiger partial charge on any atom is 0.188 e. The van der Waals surface area contributed by atoms with Crippen molar-refractivity contribution in [3.05, 3.63) is 259 Å². The van der Waals surface area contributed by atoms with Crippen molar-refractivity contribution in [3.63, 3.8) is 0 Å². The van der Waals surface area contributed by atoms with Gasteiger partial charge in [0.1, 0.15) is 0 Å². The van der Waals surface area contributed by atoms with E-state index in [2.05, 4.69) is 254 Å². The molecule has 0 N–H and O–H groups in total. The van der Waals surface area contributed by atoms with Crippen molar-refractivity contribution in [2.45, 2.75) is 6.92 Å². The third-order valence-corrected chi connectivity index (χ3v) is 15.5. The lowest BCUT2D eigenvalue weighted by atomic mass is 9.93. The van der Waals surface area contributed by atoms with Crippen molar-refractivity contribution >= 4 is 92.9 Å². The third-order valence-electron chi connectivity index (χ3n) is 15.5. The molecule has 0 atom stereocenters. The van der Waals surface area contributed by atoms with Gasteiger partial charge in [-0.1, -0.05) is 146 Å². The smallest absolute Gasteiger partial charge is 0.188 e. The number of hydrogen-bond acceptors (Lipinski definition) is 1. The molecule has 4 aromatic heterocycles. The Kier molecular flexibility index (Phi) is 9.20. The molecule has 0 radical (unpaired) electrons. The Morgan fingerprint density at radius 3 is 1.37 bits per heavy atom. The van der Waals surface area contributed by atoms with Crippen LogP contribution in [0.4, 0.5) is 5.69 Å². The lowest BCUT2D eigenvalue weighted by Gasteiger charge is -2.20. The minimum Gasteiger partial charge on any atom is -0.309 e. The average molecular weight is 955 g/mol. The van der Waals surface area contributed by atoms with Crippen molar-refractivity contribution in [1.29, 1.82) is 5.26 Å². The van der Waals surface area contributed by atoms with Gasteiger partial charge in [-0.05, 0) is 120 Å². The molecule has 0 aliphatic rings. The fourth-order valence-corrected chi connectivity index (χ4v) is 12.4. The van der Waals surface area contributed by atoms with Gasteiger partial charge in [-0.15, -0.1) is 0 Å². The Hall–Kier alpha value is -10.4. The molecule has 0 fully saturated rings. The minimum atomic E-state index is 0.551. The zero-order valence-electron chi connectivity index (χ0n) is 40.7. The van der Waals surface area contributed by atoms with Crippen LogP contribution in [0.5, 0.6) is 0 Å². The third kappa shape index (κ3) is 6.12. The van der Waals surface area contributed by atoms with E-state index in [4.69, 9.17) is 6.57 Å². The van der Waals surface area contributed by atoms with Gasteiger partial charge in [0.25, 0.3) is 0 Å². The fourth-order valence-electron chi connectivity index (χ4n) is 12.4. The number of para-hydroxylation sites is 6. The molecule has 4 heterocycles. The average Bonchev–Trinajstić information content (AvgIpc) is 4.35. The van der Waals surface area contributed by atoms with Crippen LogP contribution in [0.1, 0.15) is 11.1 Å². The molecule has 15 rings (SSSR count). The highest BCUT2D eigenvalue weighted by atomic mass is 15.0. The van der Waals surface area contributed by atoms with Gasteiger partial charge in [0, 0.05) is 60.0 Å². The first-order valence-electron chi connectivity index (χ1n) is 25.3. The van der Waals surface area contributed by atoms with E-state index < -0.39 is 0 Å². The molecule has 15 aromatic rings. The number of nitrogens with zero attached hydrogens (tertiary/aromatic N) is 6. The van der Waals surface area contributed by atoms with Crippen LogP contribution in [0, 0.1) is 24.8 Å². The predicted molar refractivity (Wildman–Crippen MR) is 310 cm³/mol. The second-order valence-corrected chi connectivity index (χ2v) is 19.5.